The Balaban J connectivity index is 1.35. The molecule has 2 heterocycles. The van der Waals surface area contributed by atoms with E-state index in [0.29, 0.717) is 24.6 Å². The molecule has 0 saturated carbocycles. The van der Waals surface area contributed by atoms with E-state index >= 15 is 0 Å². The average molecular weight is 508 g/mol. The Kier molecular flexibility index (Phi) is 7.01. The van der Waals surface area contributed by atoms with Crippen LogP contribution in [-0.4, -0.2) is 33.8 Å². The summed E-state index contributed by atoms with van der Waals surface area (Å²) in [7, 11) is 1.66. The minimum absolute atomic E-state index is 0.00312. The molecule has 7 nitrogen and oxygen atoms in total. The van der Waals surface area contributed by atoms with Gasteiger partial charge in [-0.1, -0.05) is 75.4 Å². The number of rotatable bonds is 8. The van der Waals surface area contributed by atoms with Gasteiger partial charge in [0.1, 0.15) is 11.4 Å². The van der Waals surface area contributed by atoms with Gasteiger partial charge in [0.25, 0.3) is 5.56 Å². The lowest BCUT2D eigenvalue weighted by atomic mass is 9.86. The fourth-order valence-electron chi connectivity index (χ4n) is 4.70. The zero-order valence-corrected chi connectivity index (χ0v) is 22.2. The number of hydrogen-bond donors (Lipinski definition) is 3. The van der Waals surface area contributed by atoms with E-state index in [1.165, 1.54) is 5.56 Å². The number of nitrogens with zero attached hydrogens (tertiary/aromatic N) is 2. The molecule has 5 rings (SSSR count). The third-order valence-electron chi connectivity index (χ3n) is 6.94. The molecule has 0 fully saturated rings. The van der Waals surface area contributed by atoms with Crippen LogP contribution in [0.15, 0.2) is 83.8 Å². The number of H-pyrrole nitrogens is 2. The molecule has 5 aromatic rings. The van der Waals surface area contributed by atoms with Crippen LogP contribution in [0.25, 0.3) is 10.9 Å². The highest BCUT2D eigenvalue weighted by atomic mass is 16.5. The molecule has 7 heteroatoms. The Labute approximate surface area is 222 Å². The molecule has 0 aliphatic rings. The second kappa shape index (κ2) is 10.5. The molecule has 1 atom stereocenters. The van der Waals surface area contributed by atoms with Crippen LogP contribution >= 0.6 is 0 Å². The summed E-state index contributed by atoms with van der Waals surface area (Å²) >= 11 is 0. The second-order valence-corrected chi connectivity index (χ2v) is 10.6. The molecule has 0 saturated heterocycles. The Bertz CT molecular complexity index is 1580. The summed E-state index contributed by atoms with van der Waals surface area (Å²) in [4.78, 5) is 19.1. The minimum Gasteiger partial charge on any atom is -0.497 e. The van der Waals surface area contributed by atoms with Gasteiger partial charge < -0.3 is 15.0 Å². The van der Waals surface area contributed by atoms with E-state index in [9.17, 15) is 4.79 Å². The predicted molar refractivity (Wildman–Crippen MR) is 152 cm³/mol. The monoisotopic (exact) mass is 507 g/mol. The van der Waals surface area contributed by atoms with E-state index in [2.05, 4.69) is 94.8 Å². The summed E-state index contributed by atoms with van der Waals surface area (Å²) in [5.41, 5.74) is 5.86. The topological polar surface area (TPSA) is 95.7 Å². The average Bonchev–Trinajstić information content (AvgIpc) is 3.34. The van der Waals surface area contributed by atoms with Crippen molar-refractivity contribution in [2.45, 2.75) is 38.5 Å². The van der Waals surface area contributed by atoms with Gasteiger partial charge in [0.2, 0.25) is 5.95 Å². The van der Waals surface area contributed by atoms with Gasteiger partial charge >= 0.3 is 0 Å². The van der Waals surface area contributed by atoms with Crippen molar-refractivity contribution < 1.29 is 4.74 Å². The van der Waals surface area contributed by atoms with Crippen molar-refractivity contribution in [1.82, 2.24) is 20.2 Å². The molecule has 194 valence electrons. The lowest BCUT2D eigenvalue weighted by Crippen LogP contribution is -2.22. The van der Waals surface area contributed by atoms with Crippen LogP contribution in [-0.2, 0) is 11.8 Å². The van der Waals surface area contributed by atoms with Crippen LogP contribution in [0.5, 0.6) is 5.75 Å². The van der Waals surface area contributed by atoms with Gasteiger partial charge in [0.05, 0.1) is 7.11 Å². The van der Waals surface area contributed by atoms with E-state index in [-0.39, 0.29) is 16.9 Å². The lowest BCUT2D eigenvalue weighted by molar-refractivity contribution is 0.414. The summed E-state index contributed by atoms with van der Waals surface area (Å²) < 4.78 is 5.35. The number of nitrogens with one attached hydrogen (secondary N) is 3. The first-order chi connectivity index (χ1) is 18.3. The molecule has 38 heavy (non-hydrogen) atoms. The Morgan fingerprint density at radius 3 is 2.37 bits per heavy atom. The summed E-state index contributed by atoms with van der Waals surface area (Å²) in [5.74, 6) is 1.15. The standard InChI is InChI=1S/C31H33N5O2/c1-31(2,3)22-13-9-20(10-14-22)17-28-29(37)34-30(36-35-28)33-18-25(21-11-15-23(38-4)16-12-21)26-19-32-27-8-6-5-7-24(26)27/h5-16,19,25,32H,17-18H2,1-4H3,(H2,33,34,36,37)/t25-/m1/s1. The molecule has 0 bridgehead atoms. The number of methoxy groups -OCH3 is 1. The Morgan fingerprint density at radius 1 is 0.947 bits per heavy atom. The minimum atomic E-state index is -0.240. The molecule has 0 radical (unpaired) electrons. The van der Waals surface area contributed by atoms with Crippen molar-refractivity contribution in [2.75, 3.05) is 19.0 Å². The van der Waals surface area contributed by atoms with Crippen LogP contribution in [0.3, 0.4) is 0 Å². The molecule has 0 unspecified atom stereocenters. The highest BCUT2D eigenvalue weighted by Gasteiger charge is 2.19. The SMILES string of the molecule is COc1ccc([C@@H](CNc2nnc(Cc3ccc(C(C)(C)C)cc3)c(=O)[nH]2)c2c[nH]c3ccccc23)cc1. The first-order valence-electron chi connectivity index (χ1n) is 12.8. The smallest absolute Gasteiger partial charge is 0.274 e. The quantitative estimate of drug-likeness (QED) is 0.247. The van der Waals surface area contributed by atoms with Crippen molar-refractivity contribution in [3.63, 3.8) is 0 Å². The predicted octanol–water partition coefficient (Wildman–Crippen LogP) is 5.79. The molecule has 0 aliphatic heterocycles. The lowest BCUT2D eigenvalue weighted by Gasteiger charge is -2.19. The van der Waals surface area contributed by atoms with Crippen LogP contribution in [0.2, 0.25) is 0 Å². The maximum atomic E-state index is 12.8. The molecule has 0 amide bonds. The number of anilines is 1. The highest BCUT2D eigenvalue weighted by molar-refractivity contribution is 5.84. The van der Waals surface area contributed by atoms with Gasteiger partial charge in [-0.15, -0.1) is 10.2 Å². The van der Waals surface area contributed by atoms with Gasteiger partial charge in [-0.2, -0.15) is 0 Å². The number of hydrogen-bond acceptors (Lipinski definition) is 5. The van der Waals surface area contributed by atoms with Crippen molar-refractivity contribution in [1.29, 1.82) is 0 Å². The second-order valence-electron chi connectivity index (χ2n) is 10.6. The number of ether oxygens (including phenoxy) is 1. The largest absolute Gasteiger partial charge is 0.497 e. The number of fused-ring (bicyclic) bond motifs is 1. The zero-order chi connectivity index (χ0) is 26.7. The molecular weight excluding hydrogens is 474 g/mol. The molecular formula is C31H33N5O2. The highest BCUT2D eigenvalue weighted by Crippen LogP contribution is 2.32. The van der Waals surface area contributed by atoms with Gasteiger partial charge in [-0.05, 0) is 45.9 Å². The molecule has 2 aromatic heterocycles. The van der Waals surface area contributed by atoms with Gasteiger partial charge in [-0.25, -0.2) is 0 Å². The number of aromatic amines is 2. The molecule has 3 aromatic carbocycles. The first kappa shape index (κ1) is 25.3. The molecule has 3 N–H and O–H groups in total. The van der Waals surface area contributed by atoms with Crippen molar-refractivity contribution in [3.05, 3.63) is 117 Å². The van der Waals surface area contributed by atoms with E-state index in [1.807, 2.05) is 30.5 Å². The summed E-state index contributed by atoms with van der Waals surface area (Å²) in [5, 5.41) is 13.0. The summed E-state index contributed by atoms with van der Waals surface area (Å²) in [6.07, 6.45) is 2.47. The summed E-state index contributed by atoms with van der Waals surface area (Å²) in [6.45, 7) is 7.07. The van der Waals surface area contributed by atoms with Crippen molar-refractivity contribution in [3.8, 4) is 5.75 Å². The third-order valence-corrected chi connectivity index (χ3v) is 6.94. The fourth-order valence-corrected chi connectivity index (χ4v) is 4.70. The molecule has 0 spiro atoms. The van der Waals surface area contributed by atoms with Gasteiger partial charge in [0, 0.05) is 36.0 Å². The third kappa shape index (κ3) is 5.47. The van der Waals surface area contributed by atoms with Gasteiger partial charge in [0.15, 0.2) is 0 Å². The van der Waals surface area contributed by atoms with Crippen molar-refractivity contribution in [2.24, 2.45) is 0 Å². The maximum absolute atomic E-state index is 12.8. The number of para-hydroxylation sites is 1. The first-order valence-corrected chi connectivity index (χ1v) is 12.8. The number of aromatic nitrogens is 4. The fraction of sp³-hybridized carbons (Fsp3) is 0.258. The van der Waals surface area contributed by atoms with E-state index in [0.717, 1.165) is 33.3 Å². The van der Waals surface area contributed by atoms with E-state index in [4.69, 9.17) is 4.74 Å². The number of benzene rings is 3. The van der Waals surface area contributed by atoms with Crippen LogP contribution < -0.4 is 15.6 Å². The normalized spacial score (nSPS) is 12.4. The molecule has 0 aliphatic carbocycles. The maximum Gasteiger partial charge on any atom is 0.274 e. The summed E-state index contributed by atoms with van der Waals surface area (Å²) in [6, 6.07) is 24.6. The van der Waals surface area contributed by atoms with Crippen LogP contribution in [0.1, 0.15) is 54.6 Å². The Hall–Kier alpha value is -4.39. The van der Waals surface area contributed by atoms with E-state index < -0.39 is 0 Å². The Morgan fingerprint density at radius 2 is 1.68 bits per heavy atom. The van der Waals surface area contributed by atoms with Crippen LogP contribution in [0.4, 0.5) is 5.95 Å². The van der Waals surface area contributed by atoms with Crippen molar-refractivity contribution >= 4 is 16.9 Å². The van der Waals surface area contributed by atoms with E-state index in [1.54, 1.807) is 7.11 Å². The van der Waals surface area contributed by atoms with Crippen LogP contribution in [0, 0.1) is 0 Å². The van der Waals surface area contributed by atoms with Gasteiger partial charge in [-0.3, -0.25) is 9.78 Å². The zero-order valence-electron chi connectivity index (χ0n) is 22.2.